The molecule has 3 aromatic carbocycles. The largest absolute Gasteiger partial charge is 0.457 e. The van der Waals surface area contributed by atoms with Crippen molar-refractivity contribution in [2.45, 2.75) is 0 Å². The fourth-order valence-corrected chi connectivity index (χ4v) is 3.39. The molecule has 2 aromatic heterocycles. The van der Waals surface area contributed by atoms with Crippen molar-refractivity contribution < 1.29 is 4.74 Å². The Kier molecular flexibility index (Phi) is 5.18. The molecule has 0 N–H and O–H groups in total. The second-order valence-electron chi connectivity index (χ2n) is 7.03. The third-order valence-electron chi connectivity index (χ3n) is 4.90. The first-order valence-corrected chi connectivity index (χ1v) is 10.0. The van der Waals surface area contributed by atoms with E-state index in [-0.39, 0.29) is 0 Å². The summed E-state index contributed by atoms with van der Waals surface area (Å²) >= 11 is 0. The number of ether oxygens (including phenoxy) is 1. The molecule has 0 bridgehead atoms. The lowest BCUT2D eigenvalue weighted by Crippen LogP contribution is -1.90. The topological polar surface area (TPSA) is 47.9 Å². The molecule has 5 aromatic rings. The minimum atomic E-state index is 0.746. The van der Waals surface area contributed by atoms with Crippen LogP contribution in [-0.4, -0.2) is 15.0 Å². The van der Waals surface area contributed by atoms with Crippen molar-refractivity contribution in [2.75, 3.05) is 0 Å². The van der Waals surface area contributed by atoms with Gasteiger partial charge in [-0.1, -0.05) is 60.7 Å². The Morgan fingerprint density at radius 1 is 0.452 bits per heavy atom. The molecule has 0 unspecified atom stereocenters. The highest BCUT2D eigenvalue weighted by atomic mass is 16.5. The molecule has 0 aliphatic rings. The van der Waals surface area contributed by atoms with E-state index < -0.39 is 0 Å². The van der Waals surface area contributed by atoms with Gasteiger partial charge in [-0.25, -0.2) is 9.97 Å². The van der Waals surface area contributed by atoms with Crippen LogP contribution in [0.5, 0.6) is 11.5 Å². The summed E-state index contributed by atoms with van der Waals surface area (Å²) < 4.78 is 6.15. The summed E-state index contributed by atoms with van der Waals surface area (Å²) in [6, 6.07) is 33.8. The summed E-state index contributed by atoms with van der Waals surface area (Å²) in [5.41, 5.74) is 5.69. The molecule has 2 heterocycles. The summed E-state index contributed by atoms with van der Waals surface area (Å²) in [5.74, 6) is 1.50. The molecule has 5 rings (SSSR count). The molecular weight excluding hydrogens is 382 g/mol. The Hall–Kier alpha value is -4.31. The monoisotopic (exact) mass is 401 g/mol. The van der Waals surface area contributed by atoms with E-state index in [1.165, 1.54) is 0 Å². The molecule has 0 saturated carbocycles. The second kappa shape index (κ2) is 8.59. The maximum atomic E-state index is 6.15. The highest BCUT2D eigenvalue weighted by Gasteiger charge is 2.07. The summed E-state index contributed by atoms with van der Waals surface area (Å²) in [6.07, 6.45) is 3.39. The fourth-order valence-electron chi connectivity index (χ4n) is 3.39. The van der Waals surface area contributed by atoms with Crippen LogP contribution in [0.1, 0.15) is 0 Å². The van der Waals surface area contributed by atoms with Gasteiger partial charge in [0.2, 0.25) is 0 Å². The normalized spacial score (nSPS) is 10.6. The molecule has 0 fully saturated rings. The van der Waals surface area contributed by atoms with Gasteiger partial charge in [0.25, 0.3) is 0 Å². The molecule has 4 nitrogen and oxygen atoms in total. The molecule has 0 atom stereocenters. The Balaban J connectivity index is 1.42. The van der Waals surface area contributed by atoms with Crippen molar-refractivity contribution in [3.63, 3.8) is 0 Å². The van der Waals surface area contributed by atoms with Crippen molar-refractivity contribution in [1.82, 2.24) is 15.0 Å². The highest BCUT2D eigenvalue weighted by Crippen LogP contribution is 2.30. The van der Waals surface area contributed by atoms with Crippen LogP contribution in [0.2, 0.25) is 0 Å². The number of rotatable bonds is 5. The lowest BCUT2D eigenvalue weighted by atomic mass is 10.1. The molecule has 0 amide bonds. The predicted molar refractivity (Wildman–Crippen MR) is 123 cm³/mol. The third kappa shape index (κ3) is 4.33. The third-order valence-corrected chi connectivity index (χ3v) is 4.90. The zero-order valence-corrected chi connectivity index (χ0v) is 16.7. The molecule has 4 heteroatoms. The van der Waals surface area contributed by atoms with Gasteiger partial charge in [-0.15, -0.1) is 0 Å². The molecule has 31 heavy (non-hydrogen) atoms. The van der Waals surface area contributed by atoms with Gasteiger partial charge in [0.05, 0.1) is 17.1 Å². The standard InChI is InChI=1S/C27H19N3O/c1-2-8-20(9-3-1)26-18-27(30-19-29-26)22-11-7-13-24(17-22)31-23-12-6-10-21(16-23)25-14-4-5-15-28-25/h1-19H. The van der Waals surface area contributed by atoms with Crippen LogP contribution in [0.25, 0.3) is 33.8 Å². The van der Waals surface area contributed by atoms with Crippen LogP contribution in [-0.2, 0) is 0 Å². The Morgan fingerprint density at radius 2 is 1.06 bits per heavy atom. The van der Waals surface area contributed by atoms with E-state index in [4.69, 9.17) is 4.74 Å². The molecule has 0 radical (unpaired) electrons. The van der Waals surface area contributed by atoms with E-state index in [1.54, 1.807) is 12.5 Å². The predicted octanol–water partition coefficient (Wildman–Crippen LogP) is 6.66. The fraction of sp³-hybridized carbons (Fsp3) is 0. The van der Waals surface area contributed by atoms with Crippen LogP contribution in [0.3, 0.4) is 0 Å². The van der Waals surface area contributed by atoms with Crippen molar-refractivity contribution in [3.8, 4) is 45.3 Å². The van der Waals surface area contributed by atoms with E-state index >= 15 is 0 Å². The number of hydrogen-bond acceptors (Lipinski definition) is 4. The zero-order valence-electron chi connectivity index (χ0n) is 16.7. The van der Waals surface area contributed by atoms with E-state index in [0.29, 0.717) is 0 Å². The Bertz CT molecular complexity index is 1300. The first-order chi connectivity index (χ1) is 15.3. The number of nitrogens with zero attached hydrogens (tertiary/aromatic N) is 3. The average molecular weight is 401 g/mol. The van der Waals surface area contributed by atoms with Gasteiger partial charge in [0.15, 0.2) is 0 Å². The summed E-state index contributed by atoms with van der Waals surface area (Å²) in [5, 5.41) is 0. The molecule has 148 valence electrons. The lowest BCUT2D eigenvalue weighted by Gasteiger charge is -2.10. The van der Waals surface area contributed by atoms with E-state index in [2.05, 4.69) is 15.0 Å². The maximum absolute atomic E-state index is 6.15. The van der Waals surface area contributed by atoms with Crippen molar-refractivity contribution in [1.29, 1.82) is 0 Å². The van der Waals surface area contributed by atoms with Gasteiger partial charge < -0.3 is 4.74 Å². The lowest BCUT2D eigenvalue weighted by molar-refractivity contribution is 0.483. The van der Waals surface area contributed by atoms with Crippen LogP contribution in [0.15, 0.2) is 116 Å². The minimum Gasteiger partial charge on any atom is -0.457 e. The molecule has 0 spiro atoms. The average Bonchev–Trinajstić information content (AvgIpc) is 2.86. The van der Waals surface area contributed by atoms with Gasteiger partial charge >= 0.3 is 0 Å². The second-order valence-corrected chi connectivity index (χ2v) is 7.03. The molecule has 0 aliphatic carbocycles. The van der Waals surface area contributed by atoms with Gasteiger partial charge in [-0.3, -0.25) is 4.98 Å². The smallest absolute Gasteiger partial charge is 0.128 e. The van der Waals surface area contributed by atoms with Gasteiger partial charge in [0.1, 0.15) is 17.8 Å². The van der Waals surface area contributed by atoms with Crippen LogP contribution < -0.4 is 4.74 Å². The van der Waals surface area contributed by atoms with Gasteiger partial charge in [-0.2, -0.15) is 0 Å². The number of pyridine rings is 1. The SMILES string of the molecule is c1ccc(-c2cc(-c3cccc(Oc4cccc(-c5ccccn5)c4)c3)ncn2)cc1. The number of aromatic nitrogens is 3. The highest BCUT2D eigenvalue weighted by molar-refractivity contribution is 5.68. The van der Waals surface area contributed by atoms with E-state index in [9.17, 15) is 0 Å². The summed E-state index contributed by atoms with van der Waals surface area (Å²) in [6.45, 7) is 0. The van der Waals surface area contributed by atoms with E-state index in [1.807, 2.05) is 103 Å². The molecule has 0 aliphatic heterocycles. The quantitative estimate of drug-likeness (QED) is 0.330. The van der Waals surface area contributed by atoms with Gasteiger partial charge in [0, 0.05) is 22.9 Å². The van der Waals surface area contributed by atoms with Crippen molar-refractivity contribution >= 4 is 0 Å². The Morgan fingerprint density at radius 3 is 1.74 bits per heavy atom. The van der Waals surface area contributed by atoms with Crippen molar-refractivity contribution in [2.24, 2.45) is 0 Å². The van der Waals surface area contributed by atoms with Crippen LogP contribution in [0, 0.1) is 0 Å². The minimum absolute atomic E-state index is 0.746. The van der Waals surface area contributed by atoms with Crippen molar-refractivity contribution in [3.05, 3.63) is 116 Å². The summed E-state index contributed by atoms with van der Waals surface area (Å²) in [7, 11) is 0. The molecular formula is C27H19N3O. The van der Waals surface area contributed by atoms with Gasteiger partial charge in [-0.05, 0) is 42.5 Å². The first kappa shape index (κ1) is 18.7. The summed E-state index contributed by atoms with van der Waals surface area (Å²) in [4.78, 5) is 13.3. The Labute approximate surface area is 180 Å². The maximum Gasteiger partial charge on any atom is 0.128 e. The van der Waals surface area contributed by atoms with E-state index in [0.717, 1.165) is 45.3 Å². The zero-order chi connectivity index (χ0) is 20.9. The van der Waals surface area contributed by atoms with Crippen LogP contribution >= 0.6 is 0 Å². The molecule has 0 saturated heterocycles. The number of hydrogen-bond donors (Lipinski definition) is 0. The number of benzene rings is 3. The first-order valence-electron chi connectivity index (χ1n) is 10.0. The van der Waals surface area contributed by atoms with Crippen LogP contribution in [0.4, 0.5) is 0 Å².